The Balaban J connectivity index is 2.27. The second-order valence-corrected chi connectivity index (χ2v) is 5.30. The molecule has 0 bridgehead atoms. The van der Waals surface area contributed by atoms with Gasteiger partial charge in [0.2, 0.25) is 5.88 Å². The molecule has 0 aliphatic heterocycles. The summed E-state index contributed by atoms with van der Waals surface area (Å²) < 4.78 is 1.82. The summed E-state index contributed by atoms with van der Waals surface area (Å²) in [6.07, 6.45) is 0. The molecule has 3 rings (SSSR count). The maximum atomic E-state index is 11.9. The molecule has 0 atom stereocenters. The number of carbonyl (C=O) groups excluding carboxylic acids is 1. The van der Waals surface area contributed by atoms with Gasteiger partial charge in [0.25, 0.3) is 0 Å². The summed E-state index contributed by atoms with van der Waals surface area (Å²) in [5, 5.41) is 11.3. The number of hydrogen-bond acceptors (Lipinski definition) is 2. The number of aromatic nitrogens is 1. The first-order valence-electron chi connectivity index (χ1n) is 6.95. The highest BCUT2D eigenvalue weighted by Crippen LogP contribution is 2.34. The number of aromatic hydroxyl groups is 1. The third kappa shape index (κ3) is 2.21. The quantitative estimate of drug-likeness (QED) is 0.739. The van der Waals surface area contributed by atoms with Gasteiger partial charge in [0.1, 0.15) is 0 Å². The zero-order valence-corrected chi connectivity index (χ0v) is 12.1. The molecule has 0 radical (unpaired) electrons. The Kier molecular flexibility index (Phi) is 3.26. The number of benzene rings is 2. The van der Waals surface area contributed by atoms with E-state index in [0.29, 0.717) is 12.1 Å². The molecule has 21 heavy (non-hydrogen) atoms. The summed E-state index contributed by atoms with van der Waals surface area (Å²) in [6, 6.07) is 15.7. The first-order chi connectivity index (χ1) is 10.1. The molecule has 0 unspecified atom stereocenters. The second kappa shape index (κ2) is 5.09. The number of rotatable bonds is 3. The van der Waals surface area contributed by atoms with E-state index in [4.69, 9.17) is 0 Å². The Hall–Kier alpha value is -2.55. The first-order valence-corrected chi connectivity index (χ1v) is 6.95. The molecule has 1 heterocycles. The summed E-state index contributed by atoms with van der Waals surface area (Å²) in [5.41, 5.74) is 3.46. The molecule has 0 saturated carbocycles. The van der Waals surface area contributed by atoms with Crippen molar-refractivity contribution in [2.24, 2.45) is 0 Å². The van der Waals surface area contributed by atoms with Crippen LogP contribution in [0.1, 0.15) is 28.4 Å². The van der Waals surface area contributed by atoms with Gasteiger partial charge >= 0.3 is 0 Å². The highest BCUT2D eigenvalue weighted by Gasteiger charge is 2.20. The average molecular weight is 279 g/mol. The Morgan fingerprint density at radius 3 is 2.48 bits per heavy atom. The van der Waals surface area contributed by atoms with Gasteiger partial charge in [-0.15, -0.1) is 0 Å². The molecule has 0 aliphatic rings. The molecule has 2 aromatic carbocycles. The lowest BCUT2D eigenvalue weighted by atomic mass is 10.1. The van der Waals surface area contributed by atoms with Crippen LogP contribution in [-0.2, 0) is 6.54 Å². The molecular formula is C18H17NO2. The van der Waals surface area contributed by atoms with E-state index in [9.17, 15) is 9.90 Å². The lowest BCUT2D eigenvalue weighted by Crippen LogP contribution is -2.00. The molecule has 1 N–H and O–H groups in total. The summed E-state index contributed by atoms with van der Waals surface area (Å²) in [6.45, 7) is 4.03. The van der Waals surface area contributed by atoms with Crippen molar-refractivity contribution in [1.82, 2.24) is 4.57 Å². The van der Waals surface area contributed by atoms with Crippen molar-refractivity contribution in [3.05, 3.63) is 65.2 Å². The van der Waals surface area contributed by atoms with Crippen LogP contribution in [0.5, 0.6) is 5.88 Å². The normalized spacial score (nSPS) is 11.0. The van der Waals surface area contributed by atoms with Crippen LogP contribution in [0.2, 0.25) is 0 Å². The smallest absolute Gasteiger partial charge is 0.203 e. The fourth-order valence-corrected chi connectivity index (χ4v) is 2.85. The van der Waals surface area contributed by atoms with Gasteiger partial charge in [-0.1, -0.05) is 48.5 Å². The standard InChI is InChI=1S/C18H17NO2/c1-12-7-6-10-15-16(13(2)20)18(21)19(17(12)15)11-14-8-4-3-5-9-14/h3-10,21H,11H2,1-2H3. The van der Waals surface area contributed by atoms with E-state index in [1.165, 1.54) is 6.92 Å². The number of fused-ring (bicyclic) bond motifs is 1. The molecule has 106 valence electrons. The fraction of sp³-hybridized carbons (Fsp3) is 0.167. The summed E-state index contributed by atoms with van der Waals surface area (Å²) in [4.78, 5) is 11.9. The predicted octanol–water partition coefficient (Wildman–Crippen LogP) is 3.91. The second-order valence-electron chi connectivity index (χ2n) is 5.30. The van der Waals surface area contributed by atoms with E-state index < -0.39 is 0 Å². The molecule has 0 spiro atoms. The van der Waals surface area contributed by atoms with Gasteiger partial charge in [0.15, 0.2) is 5.78 Å². The van der Waals surface area contributed by atoms with Crippen molar-refractivity contribution in [3.63, 3.8) is 0 Å². The average Bonchev–Trinajstić information content (AvgIpc) is 2.74. The van der Waals surface area contributed by atoms with Gasteiger partial charge < -0.3 is 9.67 Å². The molecule has 0 fully saturated rings. The van der Waals surface area contributed by atoms with Crippen LogP contribution in [0.25, 0.3) is 10.9 Å². The van der Waals surface area contributed by atoms with Crippen molar-refractivity contribution in [2.75, 3.05) is 0 Å². The van der Waals surface area contributed by atoms with E-state index in [0.717, 1.165) is 22.0 Å². The Morgan fingerprint density at radius 2 is 1.81 bits per heavy atom. The number of para-hydroxylation sites is 1. The number of aryl methyl sites for hydroxylation is 1. The Morgan fingerprint density at radius 1 is 1.10 bits per heavy atom. The Labute approximate surface area is 123 Å². The number of ketones is 1. The third-order valence-corrected chi connectivity index (χ3v) is 3.79. The molecule has 1 aromatic heterocycles. The van der Waals surface area contributed by atoms with Crippen LogP contribution in [-0.4, -0.2) is 15.5 Å². The van der Waals surface area contributed by atoms with E-state index in [2.05, 4.69) is 0 Å². The van der Waals surface area contributed by atoms with Crippen molar-refractivity contribution in [1.29, 1.82) is 0 Å². The van der Waals surface area contributed by atoms with Gasteiger partial charge in [-0.25, -0.2) is 0 Å². The van der Waals surface area contributed by atoms with Crippen LogP contribution in [0.3, 0.4) is 0 Å². The summed E-state index contributed by atoms with van der Waals surface area (Å²) in [7, 11) is 0. The lowest BCUT2D eigenvalue weighted by molar-refractivity contribution is 0.101. The molecule has 0 amide bonds. The summed E-state index contributed by atoms with van der Waals surface area (Å²) >= 11 is 0. The molecule has 0 saturated heterocycles. The monoisotopic (exact) mass is 279 g/mol. The minimum Gasteiger partial charge on any atom is -0.494 e. The molecule has 0 aliphatic carbocycles. The van der Waals surface area contributed by atoms with Crippen LogP contribution < -0.4 is 0 Å². The van der Waals surface area contributed by atoms with Gasteiger partial charge in [0.05, 0.1) is 17.6 Å². The number of Topliss-reactive ketones (excluding diaryl/α,β-unsaturated/α-hetero) is 1. The van der Waals surface area contributed by atoms with Gasteiger partial charge in [-0.3, -0.25) is 4.79 Å². The van der Waals surface area contributed by atoms with Crippen molar-refractivity contribution in [2.45, 2.75) is 20.4 Å². The molecule has 3 aromatic rings. The third-order valence-electron chi connectivity index (χ3n) is 3.79. The van der Waals surface area contributed by atoms with Crippen LogP contribution >= 0.6 is 0 Å². The van der Waals surface area contributed by atoms with E-state index in [-0.39, 0.29) is 11.7 Å². The first kappa shape index (κ1) is 13.4. The highest BCUT2D eigenvalue weighted by atomic mass is 16.3. The number of carbonyl (C=O) groups is 1. The van der Waals surface area contributed by atoms with E-state index in [1.807, 2.05) is 60.0 Å². The minimum absolute atomic E-state index is 0.0515. The van der Waals surface area contributed by atoms with Crippen molar-refractivity contribution in [3.8, 4) is 5.88 Å². The van der Waals surface area contributed by atoms with E-state index >= 15 is 0 Å². The molecule has 3 nitrogen and oxygen atoms in total. The van der Waals surface area contributed by atoms with Crippen LogP contribution in [0.15, 0.2) is 48.5 Å². The Bertz CT molecular complexity index is 816. The maximum absolute atomic E-state index is 11.9. The minimum atomic E-state index is -0.116. The van der Waals surface area contributed by atoms with Gasteiger partial charge in [0, 0.05) is 5.39 Å². The zero-order chi connectivity index (χ0) is 15.0. The van der Waals surface area contributed by atoms with Crippen LogP contribution in [0.4, 0.5) is 0 Å². The fourth-order valence-electron chi connectivity index (χ4n) is 2.85. The largest absolute Gasteiger partial charge is 0.494 e. The SMILES string of the molecule is CC(=O)c1c(O)n(Cc2ccccc2)c2c(C)cccc12. The highest BCUT2D eigenvalue weighted by molar-refractivity contribution is 6.10. The van der Waals surface area contributed by atoms with Gasteiger partial charge in [-0.05, 0) is 25.0 Å². The lowest BCUT2D eigenvalue weighted by Gasteiger charge is -2.09. The van der Waals surface area contributed by atoms with E-state index in [1.54, 1.807) is 0 Å². The maximum Gasteiger partial charge on any atom is 0.203 e. The summed E-state index contributed by atoms with van der Waals surface area (Å²) in [5.74, 6) is -0.0643. The molecule has 3 heteroatoms. The number of hydrogen-bond donors (Lipinski definition) is 1. The number of nitrogens with zero attached hydrogens (tertiary/aromatic N) is 1. The predicted molar refractivity (Wildman–Crippen MR) is 83.9 cm³/mol. The zero-order valence-electron chi connectivity index (χ0n) is 12.1. The topological polar surface area (TPSA) is 42.2 Å². The van der Waals surface area contributed by atoms with Gasteiger partial charge in [-0.2, -0.15) is 0 Å². The molecular weight excluding hydrogens is 262 g/mol. The van der Waals surface area contributed by atoms with Crippen molar-refractivity contribution < 1.29 is 9.90 Å². The van der Waals surface area contributed by atoms with Crippen LogP contribution in [0, 0.1) is 6.92 Å². The van der Waals surface area contributed by atoms with Crippen molar-refractivity contribution >= 4 is 16.7 Å².